The number of hydrogen-bond donors (Lipinski definition) is 1. The largest absolute Gasteiger partial charge is 0.367 e. The van der Waals surface area contributed by atoms with Crippen molar-refractivity contribution in [2.75, 3.05) is 23.3 Å². The van der Waals surface area contributed by atoms with Gasteiger partial charge in [-0.2, -0.15) is 4.98 Å². The summed E-state index contributed by atoms with van der Waals surface area (Å²) in [6.07, 6.45) is 3.02. The number of halogens is 2. The highest BCUT2D eigenvalue weighted by Crippen LogP contribution is 2.29. The second kappa shape index (κ2) is 8.45. The van der Waals surface area contributed by atoms with Crippen molar-refractivity contribution in [1.82, 2.24) is 10.1 Å². The van der Waals surface area contributed by atoms with Gasteiger partial charge in [-0.1, -0.05) is 19.0 Å². The first-order valence-electron chi connectivity index (χ1n) is 9.30. The monoisotopic (exact) mass is 378 g/mol. The minimum Gasteiger partial charge on any atom is -0.367 e. The van der Waals surface area contributed by atoms with Crippen molar-refractivity contribution in [3.63, 3.8) is 0 Å². The van der Waals surface area contributed by atoms with Gasteiger partial charge in [0, 0.05) is 37.5 Å². The van der Waals surface area contributed by atoms with Crippen molar-refractivity contribution in [3.05, 3.63) is 35.5 Å². The lowest BCUT2D eigenvalue weighted by molar-refractivity contribution is -0.116. The molecule has 0 unspecified atom stereocenters. The van der Waals surface area contributed by atoms with Crippen LogP contribution in [0.5, 0.6) is 0 Å². The third-order valence-corrected chi connectivity index (χ3v) is 4.52. The normalized spacial score (nSPS) is 14.2. The van der Waals surface area contributed by atoms with E-state index in [9.17, 15) is 13.6 Å². The maximum absolute atomic E-state index is 14.3. The second-order valence-electron chi connectivity index (χ2n) is 7.09. The number of carbonyl (C=O) groups excluding carboxylic acids is 1. The van der Waals surface area contributed by atoms with E-state index in [4.69, 9.17) is 4.52 Å². The molecule has 2 aromatic rings. The topological polar surface area (TPSA) is 71.3 Å². The van der Waals surface area contributed by atoms with E-state index in [0.717, 1.165) is 12.8 Å². The molecule has 27 heavy (non-hydrogen) atoms. The summed E-state index contributed by atoms with van der Waals surface area (Å²) in [6.45, 7) is 5.23. The van der Waals surface area contributed by atoms with E-state index in [1.807, 2.05) is 13.8 Å². The fraction of sp³-hybridized carbons (Fsp3) is 0.526. The van der Waals surface area contributed by atoms with Crippen LogP contribution >= 0.6 is 0 Å². The third-order valence-electron chi connectivity index (χ3n) is 4.52. The molecule has 0 bridgehead atoms. The van der Waals surface area contributed by atoms with E-state index < -0.39 is 11.6 Å². The standard InChI is InChI=1S/C19H24F2N4O2/c1-12(2)19-23-17(27-24-19)7-5-6-16(26)22-13-10-14(20)18(15(21)11-13)25-8-3-4-9-25/h10-12H,3-9H2,1-2H3,(H,22,26). The van der Waals surface area contributed by atoms with E-state index in [2.05, 4.69) is 15.5 Å². The van der Waals surface area contributed by atoms with Crippen molar-refractivity contribution in [2.45, 2.75) is 51.9 Å². The summed E-state index contributed by atoms with van der Waals surface area (Å²) in [5.41, 5.74) is 0.112. The molecule has 1 aromatic carbocycles. The number of anilines is 2. The number of carbonyl (C=O) groups is 1. The summed E-state index contributed by atoms with van der Waals surface area (Å²) in [7, 11) is 0. The van der Waals surface area contributed by atoms with E-state index in [0.29, 0.717) is 37.6 Å². The van der Waals surface area contributed by atoms with Crippen LogP contribution in [0.25, 0.3) is 0 Å². The molecule has 1 aliphatic heterocycles. The second-order valence-corrected chi connectivity index (χ2v) is 7.09. The molecule has 0 atom stereocenters. The van der Waals surface area contributed by atoms with Gasteiger partial charge in [0.2, 0.25) is 11.8 Å². The Morgan fingerprint density at radius 2 is 1.93 bits per heavy atom. The number of rotatable bonds is 7. The average Bonchev–Trinajstić information content (AvgIpc) is 3.26. The summed E-state index contributed by atoms with van der Waals surface area (Å²) in [4.78, 5) is 18.0. The molecule has 0 spiro atoms. The number of aryl methyl sites for hydroxylation is 1. The highest BCUT2D eigenvalue weighted by atomic mass is 19.1. The number of benzene rings is 1. The molecule has 146 valence electrons. The first kappa shape index (κ1) is 19.3. The van der Waals surface area contributed by atoms with Gasteiger partial charge in [-0.25, -0.2) is 8.78 Å². The SMILES string of the molecule is CC(C)c1noc(CCCC(=O)Nc2cc(F)c(N3CCCC3)c(F)c2)n1. The molecule has 1 N–H and O–H groups in total. The first-order valence-corrected chi connectivity index (χ1v) is 9.30. The molecule has 1 saturated heterocycles. The third kappa shape index (κ3) is 4.81. The van der Waals surface area contributed by atoms with Crippen LogP contribution in [0.3, 0.4) is 0 Å². The lowest BCUT2D eigenvalue weighted by atomic mass is 10.2. The van der Waals surface area contributed by atoms with Gasteiger partial charge in [-0.3, -0.25) is 4.79 Å². The Kier molecular flexibility index (Phi) is 6.03. The van der Waals surface area contributed by atoms with Crippen LogP contribution in [0.1, 0.15) is 57.2 Å². The Bertz CT molecular complexity index is 778. The molecular formula is C19H24F2N4O2. The molecule has 1 fully saturated rings. The summed E-state index contributed by atoms with van der Waals surface area (Å²) in [6, 6.07) is 2.34. The zero-order chi connectivity index (χ0) is 19.4. The molecule has 1 amide bonds. The molecule has 1 aliphatic rings. The van der Waals surface area contributed by atoms with Crippen LogP contribution in [0.2, 0.25) is 0 Å². The van der Waals surface area contributed by atoms with Gasteiger partial charge in [-0.05, 0) is 31.4 Å². The quantitative estimate of drug-likeness (QED) is 0.788. The van der Waals surface area contributed by atoms with Gasteiger partial charge >= 0.3 is 0 Å². The maximum Gasteiger partial charge on any atom is 0.226 e. The van der Waals surface area contributed by atoms with Crippen molar-refractivity contribution >= 4 is 17.3 Å². The molecule has 1 aromatic heterocycles. The molecule has 3 rings (SSSR count). The first-order chi connectivity index (χ1) is 12.9. The van der Waals surface area contributed by atoms with Crippen LogP contribution in [-0.4, -0.2) is 29.1 Å². The van der Waals surface area contributed by atoms with E-state index in [-0.39, 0.29) is 29.6 Å². The van der Waals surface area contributed by atoms with Crippen molar-refractivity contribution < 1.29 is 18.1 Å². The van der Waals surface area contributed by atoms with Crippen LogP contribution in [0, 0.1) is 11.6 Å². The number of hydrogen-bond acceptors (Lipinski definition) is 5. The van der Waals surface area contributed by atoms with Crippen LogP contribution in [0.15, 0.2) is 16.7 Å². The van der Waals surface area contributed by atoms with Crippen molar-refractivity contribution in [1.29, 1.82) is 0 Å². The van der Waals surface area contributed by atoms with Gasteiger partial charge < -0.3 is 14.7 Å². The predicted octanol–water partition coefficient (Wildman–Crippen LogP) is 4.03. The Balaban J connectivity index is 1.52. The lowest BCUT2D eigenvalue weighted by Crippen LogP contribution is -2.21. The molecule has 0 saturated carbocycles. The van der Waals surface area contributed by atoms with Gasteiger partial charge in [0.05, 0.1) is 0 Å². The fourth-order valence-corrected chi connectivity index (χ4v) is 3.11. The highest BCUT2D eigenvalue weighted by Gasteiger charge is 2.21. The molecule has 0 radical (unpaired) electrons. The molecule has 8 heteroatoms. The number of aromatic nitrogens is 2. The van der Waals surface area contributed by atoms with Gasteiger partial charge in [0.1, 0.15) is 5.69 Å². The lowest BCUT2D eigenvalue weighted by Gasteiger charge is -2.19. The maximum atomic E-state index is 14.3. The summed E-state index contributed by atoms with van der Waals surface area (Å²) in [5.74, 6) is -0.318. The van der Waals surface area contributed by atoms with Gasteiger partial charge in [-0.15, -0.1) is 0 Å². The van der Waals surface area contributed by atoms with Crippen LogP contribution in [-0.2, 0) is 11.2 Å². The Hall–Kier alpha value is -2.51. The minimum atomic E-state index is -0.653. The summed E-state index contributed by atoms with van der Waals surface area (Å²) in [5, 5.41) is 6.41. The van der Waals surface area contributed by atoms with E-state index in [1.54, 1.807) is 4.90 Å². The summed E-state index contributed by atoms with van der Waals surface area (Å²) >= 11 is 0. The van der Waals surface area contributed by atoms with Crippen LogP contribution in [0.4, 0.5) is 20.2 Å². The minimum absolute atomic E-state index is 0.0113. The molecule has 2 heterocycles. The average molecular weight is 378 g/mol. The summed E-state index contributed by atoms with van der Waals surface area (Å²) < 4.78 is 33.7. The number of nitrogens with one attached hydrogen (secondary N) is 1. The van der Waals surface area contributed by atoms with E-state index >= 15 is 0 Å². The van der Waals surface area contributed by atoms with Crippen LogP contribution < -0.4 is 10.2 Å². The zero-order valence-electron chi connectivity index (χ0n) is 15.6. The zero-order valence-corrected chi connectivity index (χ0v) is 15.6. The van der Waals surface area contributed by atoms with Gasteiger partial charge in [0.25, 0.3) is 0 Å². The molecule has 6 nitrogen and oxygen atoms in total. The Morgan fingerprint density at radius 3 is 2.52 bits per heavy atom. The van der Waals surface area contributed by atoms with E-state index in [1.165, 1.54) is 12.1 Å². The Labute approximate surface area is 156 Å². The number of nitrogens with zero attached hydrogens (tertiary/aromatic N) is 3. The highest BCUT2D eigenvalue weighted by molar-refractivity contribution is 5.90. The predicted molar refractivity (Wildman–Crippen MR) is 97.8 cm³/mol. The van der Waals surface area contributed by atoms with Gasteiger partial charge in [0.15, 0.2) is 17.5 Å². The fourth-order valence-electron chi connectivity index (χ4n) is 3.11. The number of amides is 1. The van der Waals surface area contributed by atoms with Crippen molar-refractivity contribution in [3.8, 4) is 0 Å². The molecule has 0 aliphatic carbocycles. The Morgan fingerprint density at radius 1 is 1.26 bits per heavy atom. The van der Waals surface area contributed by atoms with Crippen molar-refractivity contribution in [2.24, 2.45) is 0 Å². The molecular weight excluding hydrogens is 354 g/mol. The smallest absolute Gasteiger partial charge is 0.226 e.